The van der Waals surface area contributed by atoms with Gasteiger partial charge in [-0.1, -0.05) is 24.3 Å². The van der Waals surface area contributed by atoms with Crippen LogP contribution >= 0.6 is 24.0 Å². The molecule has 0 bridgehead atoms. The second kappa shape index (κ2) is 10.1. The fourth-order valence-electron chi connectivity index (χ4n) is 2.90. The van der Waals surface area contributed by atoms with Crippen LogP contribution in [-0.2, 0) is 31.6 Å². The van der Waals surface area contributed by atoms with E-state index in [9.17, 15) is 23.1 Å². The minimum Gasteiger partial charge on any atom is -0.480 e. The van der Waals surface area contributed by atoms with Crippen LogP contribution in [0.25, 0.3) is 10.6 Å². The van der Waals surface area contributed by atoms with Gasteiger partial charge in [-0.2, -0.15) is 12.6 Å². The minimum absolute atomic E-state index is 0.00323. The third kappa shape index (κ3) is 5.96. The number of carboxylic acid groups (broad SMARTS) is 1. The van der Waals surface area contributed by atoms with Crippen molar-refractivity contribution < 1.29 is 27.5 Å². The summed E-state index contributed by atoms with van der Waals surface area (Å²) in [5.74, 6) is -2.75. The van der Waals surface area contributed by atoms with Gasteiger partial charge < -0.3 is 14.8 Å². The van der Waals surface area contributed by atoms with Gasteiger partial charge in [0.15, 0.2) is 9.84 Å². The average Bonchev–Trinajstić information content (AvgIpc) is 3.42. The van der Waals surface area contributed by atoms with Crippen LogP contribution < -0.4 is 5.32 Å². The first-order valence-electron chi connectivity index (χ1n) is 9.17. The first-order chi connectivity index (χ1) is 14.8. The molecule has 0 aliphatic rings. The highest BCUT2D eigenvalue weighted by Crippen LogP contribution is 2.22. The van der Waals surface area contributed by atoms with E-state index in [1.54, 1.807) is 24.4 Å². The zero-order chi connectivity index (χ0) is 22.4. The molecule has 1 amide bonds. The molecule has 0 radical (unpaired) electrons. The van der Waals surface area contributed by atoms with Crippen molar-refractivity contribution >= 4 is 45.7 Å². The molecule has 2 N–H and O–H groups in total. The van der Waals surface area contributed by atoms with Gasteiger partial charge >= 0.3 is 5.97 Å². The Hall–Kier alpha value is -2.63. The Bertz CT molecular complexity index is 1110. The molecule has 11 heteroatoms. The molecule has 2 aromatic heterocycles. The quantitative estimate of drug-likeness (QED) is 0.380. The lowest BCUT2D eigenvalue weighted by Crippen LogP contribution is -2.49. The maximum atomic E-state index is 12.6. The van der Waals surface area contributed by atoms with E-state index in [-0.39, 0.29) is 17.9 Å². The summed E-state index contributed by atoms with van der Waals surface area (Å²) in [6, 6.07) is 8.88. The number of nitrogens with one attached hydrogen (secondary N) is 1. The van der Waals surface area contributed by atoms with Crippen LogP contribution in [0.15, 0.2) is 58.7 Å². The van der Waals surface area contributed by atoms with Crippen LogP contribution in [0.2, 0.25) is 0 Å². The van der Waals surface area contributed by atoms with E-state index in [4.69, 9.17) is 4.42 Å². The first kappa shape index (κ1) is 23.0. The van der Waals surface area contributed by atoms with Crippen molar-refractivity contribution in [2.75, 3.05) is 5.75 Å². The van der Waals surface area contributed by atoms with Gasteiger partial charge in [0.05, 0.1) is 6.26 Å². The molecule has 2 heterocycles. The number of thiazole rings is 1. The van der Waals surface area contributed by atoms with E-state index >= 15 is 0 Å². The SMILES string of the molecule is O=C(N[C@@H](Cc1ccc(-c2nccs2)cc1)C(=O)O)C(CS)S(=O)(=O)Cc1ccco1. The Morgan fingerprint density at radius 2 is 1.97 bits per heavy atom. The van der Waals surface area contributed by atoms with Crippen LogP contribution in [0.3, 0.4) is 0 Å². The van der Waals surface area contributed by atoms with Crippen LogP contribution in [0.1, 0.15) is 11.3 Å². The topological polar surface area (TPSA) is 127 Å². The second-order valence-corrected chi connectivity index (χ2v) is 10.1. The van der Waals surface area contributed by atoms with Gasteiger partial charge in [0, 0.05) is 29.3 Å². The molecule has 0 fully saturated rings. The predicted molar refractivity (Wildman–Crippen MR) is 120 cm³/mol. The summed E-state index contributed by atoms with van der Waals surface area (Å²) < 4.78 is 30.3. The molecule has 3 rings (SSSR count). The highest BCUT2D eigenvalue weighted by atomic mass is 32.2. The zero-order valence-electron chi connectivity index (χ0n) is 16.2. The molecule has 1 unspecified atom stereocenters. The zero-order valence-corrected chi connectivity index (χ0v) is 18.7. The van der Waals surface area contributed by atoms with Crippen molar-refractivity contribution in [1.29, 1.82) is 0 Å². The number of sulfone groups is 1. The Morgan fingerprint density at radius 3 is 2.52 bits per heavy atom. The lowest BCUT2D eigenvalue weighted by molar-refractivity contribution is -0.141. The second-order valence-electron chi connectivity index (χ2n) is 6.70. The number of thiol groups is 1. The standard InChI is InChI=1S/C20H20N2O6S3/c23-18(17(11-29)31(26,27)12-15-2-1-8-28-15)22-16(20(24)25)10-13-3-5-14(6-4-13)19-21-7-9-30-19/h1-9,16-17,29H,10-12H2,(H,22,23)(H,24,25)/t16-,17?/m0/s1. The highest BCUT2D eigenvalue weighted by Gasteiger charge is 2.34. The monoisotopic (exact) mass is 480 g/mol. The first-order valence-corrected chi connectivity index (χ1v) is 12.4. The number of hydrogen-bond acceptors (Lipinski definition) is 8. The van der Waals surface area contributed by atoms with Crippen molar-refractivity contribution in [2.45, 2.75) is 23.5 Å². The molecule has 0 spiro atoms. The lowest BCUT2D eigenvalue weighted by atomic mass is 10.0. The van der Waals surface area contributed by atoms with Crippen LogP contribution in [0, 0.1) is 0 Å². The third-order valence-corrected chi connectivity index (χ3v) is 7.87. The molecule has 1 aromatic carbocycles. The molecular formula is C20H20N2O6S3. The van der Waals surface area contributed by atoms with Crippen LogP contribution in [0.5, 0.6) is 0 Å². The third-order valence-electron chi connectivity index (χ3n) is 4.50. The molecule has 164 valence electrons. The maximum absolute atomic E-state index is 12.6. The highest BCUT2D eigenvalue weighted by molar-refractivity contribution is 7.93. The minimum atomic E-state index is -3.95. The van der Waals surface area contributed by atoms with E-state index < -0.39 is 38.8 Å². The van der Waals surface area contributed by atoms with Crippen LogP contribution in [0.4, 0.5) is 0 Å². The molecule has 0 aliphatic carbocycles. The molecule has 0 saturated carbocycles. The van der Waals surface area contributed by atoms with Crippen molar-refractivity contribution in [3.63, 3.8) is 0 Å². The lowest BCUT2D eigenvalue weighted by Gasteiger charge is -2.19. The number of aromatic nitrogens is 1. The van der Waals surface area contributed by atoms with Gasteiger partial charge in [0.1, 0.15) is 27.8 Å². The molecule has 2 atom stereocenters. The number of carboxylic acids is 1. The number of benzene rings is 1. The van der Waals surface area contributed by atoms with E-state index in [0.29, 0.717) is 5.56 Å². The summed E-state index contributed by atoms with van der Waals surface area (Å²) in [7, 11) is -3.95. The van der Waals surface area contributed by atoms with Crippen LogP contribution in [-0.4, -0.2) is 47.4 Å². The summed E-state index contributed by atoms with van der Waals surface area (Å²) >= 11 is 5.48. The number of carbonyl (C=O) groups is 2. The number of carbonyl (C=O) groups excluding carboxylic acids is 1. The molecule has 0 aliphatic heterocycles. The van der Waals surface area contributed by atoms with E-state index in [1.165, 1.54) is 23.7 Å². The summed E-state index contributed by atoms with van der Waals surface area (Å²) in [6.45, 7) is 0. The summed E-state index contributed by atoms with van der Waals surface area (Å²) in [4.78, 5) is 28.5. The van der Waals surface area contributed by atoms with E-state index in [2.05, 4.69) is 22.9 Å². The number of rotatable bonds is 10. The van der Waals surface area contributed by atoms with Gasteiger partial charge in [-0.15, -0.1) is 11.3 Å². The average molecular weight is 481 g/mol. The largest absolute Gasteiger partial charge is 0.480 e. The number of nitrogens with zero attached hydrogens (tertiary/aromatic N) is 1. The van der Waals surface area contributed by atoms with Crippen molar-refractivity contribution in [1.82, 2.24) is 10.3 Å². The van der Waals surface area contributed by atoms with E-state index in [1.807, 2.05) is 17.5 Å². The predicted octanol–water partition coefficient (Wildman–Crippen LogP) is 2.43. The van der Waals surface area contributed by atoms with Gasteiger partial charge in [-0.05, 0) is 17.7 Å². The summed E-state index contributed by atoms with van der Waals surface area (Å²) in [5.41, 5.74) is 1.57. The molecule has 3 aromatic rings. The fourth-order valence-corrected chi connectivity index (χ4v) is 5.78. The maximum Gasteiger partial charge on any atom is 0.326 e. The Kier molecular flexibility index (Phi) is 7.52. The number of hydrogen-bond donors (Lipinski definition) is 3. The number of furan rings is 1. The van der Waals surface area contributed by atoms with Crippen molar-refractivity contribution in [3.05, 3.63) is 65.6 Å². The molecule has 31 heavy (non-hydrogen) atoms. The Morgan fingerprint density at radius 1 is 1.23 bits per heavy atom. The van der Waals surface area contributed by atoms with Crippen molar-refractivity contribution in [2.24, 2.45) is 0 Å². The summed E-state index contributed by atoms with van der Waals surface area (Å²) in [6.07, 6.45) is 3.03. The summed E-state index contributed by atoms with van der Waals surface area (Å²) in [5, 5.41) is 13.1. The number of amides is 1. The fraction of sp³-hybridized carbons (Fsp3) is 0.250. The molecular weight excluding hydrogens is 460 g/mol. The smallest absolute Gasteiger partial charge is 0.326 e. The molecule has 0 saturated heterocycles. The van der Waals surface area contributed by atoms with Crippen molar-refractivity contribution in [3.8, 4) is 10.6 Å². The molecule has 8 nitrogen and oxygen atoms in total. The van der Waals surface area contributed by atoms with Gasteiger partial charge in [-0.25, -0.2) is 18.2 Å². The Labute approximate surface area is 188 Å². The van der Waals surface area contributed by atoms with Gasteiger partial charge in [-0.3, -0.25) is 4.79 Å². The normalized spacial score (nSPS) is 13.5. The number of aliphatic carboxylic acids is 1. The van der Waals surface area contributed by atoms with E-state index in [0.717, 1.165) is 10.6 Å². The Balaban J connectivity index is 1.69. The van der Waals surface area contributed by atoms with Gasteiger partial charge in [0.25, 0.3) is 0 Å². The van der Waals surface area contributed by atoms with Gasteiger partial charge in [0.2, 0.25) is 5.91 Å².